The Bertz CT molecular complexity index is 447. The summed E-state index contributed by atoms with van der Waals surface area (Å²) in [5, 5.41) is 15.1. The minimum Gasteiger partial charge on any atom is -0.265 e. The Morgan fingerprint density at radius 3 is 3.27 bits per heavy atom. The van der Waals surface area contributed by atoms with Gasteiger partial charge in [-0.15, -0.1) is 16.4 Å². The van der Waals surface area contributed by atoms with Crippen molar-refractivity contribution in [1.29, 1.82) is 0 Å². The van der Waals surface area contributed by atoms with E-state index < -0.39 is 5.91 Å². The molecule has 2 aromatic rings. The highest BCUT2D eigenvalue weighted by Crippen LogP contribution is 2.04. The lowest BCUT2D eigenvalue weighted by Crippen LogP contribution is -2.17. The highest BCUT2D eigenvalue weighted by atomic mass is 32.1. The van der Waals surface area contributed by atoms with Crippen molar-refractivity contribution in [2.24, 2.45) is 5.10 Å². The molecule has 0 fully saturated rings. The molecule has 15 heavy (non-hydrogen) atoms. The standard InChI is InChI=1S/C8H7N5OS/c14-8(7-5-10-13-11-7)12-9-4-6-2-1-3-15-6/h1-5H,(H,12,14)(H,10,11,13). The number of H-pyrrole nitrogens is 1. The summed E-state index contributed by atoms with van der Waals surface area (Å²) >= 11 is 1.54. The summed E-state index contributed by atoms with van der Waals surface area (Å²) in [7, 11) is 0. The molecule has 1 amide bonds. The summed E-state index contributed by atoms with van der Waals surface area (Å²) in [6.45, 7) is 0. The van der Waals surface area contributed by atoms with Crippen LogP contribution >= 0.6 is 11.3 Å². The maximum Gasteiger partial charge on any atom is 0.293 e. The summed E-state index contributed by atoms with van der Waals surface area (Å²) in [5.74, 6) is -0.392. The number of hydrazone groups is 1. The fourth-order valence-corrected chi connectivity index (χ4v) is 1.47. The molecule has 0 spiro atoms. The Kier molecular flexibility index (Phi) is 2.84. The molecule has 7 heteroatoms. The van der Waals surface area contributed by atoms with E-state index in [2.05, 4.69) is 25.9 Å². The van der Waals surface area contributed by atoms with Crippen LogP contribution in [0.1, 0.15) is 15.4 Å². The second-order valence-electron chi connectivity index (χ2n) is 2.57. The maximum atomic E-state index is 11.3. The lowest BCUT2D eigenvalue weighted by molar-refractivity contribution is 0.0950. The molecule has 2 rings (SSSR count). The van der Waals surface area contributed by atoms with Gasteiger partial charge >= 0.3 is 0 Å². The molecule has 6 nitrogen and oxygen atoms in total. The molecule has 76 valence electrons. The number of aromatic amines is 1. The monoisotopic (exact) mass is 221 g/mol. The van der Waals surface area contributed by atoms with Gasteiger partial charge in [-0.1, -0.05) is 11.3 Å². The van der Waals surface area contributed by atoms with E-state index in [0.29, 0.717) is 0 Å². The third-order valence-corrected chi connectivity index (χ3v) is 2.36. The van der Waals surface area contributed by atoms with Crippen LogP contribution in [0.5, 0.6) is 0 Å². The molecule has 0 aliphatic carbocycles. The summed E-state index contributed by atoms with van der Waals surface area (Å²) in [6.07, 6.45) is 2.97. The van der Waals surface area contributed by atoms with E-state index in [-0.39, 0.29) is 5.69 Å². The highest BCUT2D eigenvalue weighted by Gasteiger charge is 2.05. The SMILES string of the molecule is O=C(NN=Cc1cccs1)c1c[nH]nn1. The average molecular weight is 221 g/mol. The number of aromatic nitrogens is 3. The predicted molar refractivity (Wildman–Crippen MR) is 55.8 cm³/mol. The van der Waals surface area contributed by atoms with Crippen LogP contribution in [0.25, 0.3) is 0 Å². The van der Waals surface area contributed by atoms with Gasteiger partial charge in [0.25, 0.3) is 5.91 Å². The van der Waals surface area contributed by atoms with Crippen molar-refractivity contribution >= 4 is 23.5 Å². The molecule has 2 aromatic heterocycles. The van der Waals surface area contributed by atoms with Crippen molar-refractivity contribution in [3.8, 4) is 0 Å². The number of carbonyl (C=O) groups is 1. The summed E-state index contributed by atoms with van der Waals surface area (Å²) in [5.41, 5.74) is 2.54. The van der Waals surface area contributed by atoms with Crippen LogP contribution in [0.4, 0.5) is 0 Å². The van der Waals surface area contributed by atoms with Crippen LogP contribution in [0, 0.1) is 0 Å². The molecule has 0 unspecified atom stereocenters. The lowest BCUT2D eigenvalue weighted by atomic mass is 10.5. The minimum absolute atomic E-state index is 0.207. The first-order chi connectivity index (χ1) is 7.36. The predicted octanol–water partition coefficient (Wildman–Crippen LogP) is 0.630. The van der Waals surface area contributed by atoms with E-state index in [1.54, 1.807) is 6.21 Å². The smallest absolute Gasteiger partial charge is 0.265 e. The van der Waals surface area contributed by atoms with E-state index in [1.807, 2.05) is 17.5 Å². The molecule has 2 heterocycles. The van der Waals surface area contributed by atoms with Crippen LogP contribution in [0.15, 0.2) is 28.8 Å². The van der Waals surface area contributed by atoms with Crippen molar-refractivity contribution in [1.82, 2.24) is 20.8 Å². The third kappa shape index (κ3) is 2.47. The van der Waals surface area contributed by atoms with Crippen LogP contribution in [0.2, 0.25) is 0 Å². The maximum absolute atomic E-state index is 11.3. The average Bonchev–Trinajstić information content (AvgIpc) is 2.90. The largest absolute Gasteiger partial charge is 0.293 e. The Morgan fingerprint density at radius 2 is 2.60 bits per heavy atom. The zero-order valence-corrected chi connectivity index (χ0v) is 8.36. The number of hydrogen-bond acceptors (Lipinski definition) is 5. The van der Waals surface area contributed by atoms with Crippen molar-refractivity contribution in [3.05, 3.63) is 34.3 Å². The highest BCUT2D eigenvalue weighted by molar-refractivity contribution is 7.11. The molecule has 2 N–H and O–H groups in total. The van der Waals surface area contributed by atoms with Gasteiger partial charge in [-0.2, -0.15) is 5.10 Å². The number of thiophene rings is 1. The van der Waals surface area contributed by atoms with Crippen molar-refractivity contribution in [2.45, 2.75) is 0 Å². The molecule has 0 aliphatic rings. The molecular formula is C8H7N5OS. The second-order valence-corrected chi connectivity index (χ2v) is 3.55. The van der Waals surface area contributed by atoms with Gasteiger partial charge in [-0.25, -0.2) is 5.43 Å². The third-order valence-electron chi connectivity index (χ3n) is 1.55. The Labute approximate surface area is 89.0 Å². The zero-order chi connectivity index (χ0) is 10.5. The van der Waals surface area contributed by atoms with Crippen LogP contribution in [-0.4, -0.2) is 27.5 Å². The first-order valence-electron chi connectivity index (χ1n) is 4.09. The quantitative estimate of drug-likeness (QED) is 0.589. The number of nitrogens with one attached hydrogen (secondary N) is 2. The van der Waals surface area contributed by atoms with E-state index in [0.717, 1.165) is 4.88 Å². The lowest BCUT2D eigenvalue weighted by Gasteiger charge is -1.92. The topological polar surface area (TPSA) is 83.0 Å². The molecule has 0 aliphatic heterocycles. The number of hydrogen-bond donors (Lipinski definition) is 2. The van der Waals surface area contributed by atoms with Gasteiger partial charge < -0.3 is 0 Å². The minimum atomic E-state index is -0.392. The Hall–Kier alpha value is -2.02. The number of amides is 1. The van der Waals surface area contributed by atoms with Gasteiger partial charge in [-0.05, 0) is 11.4 Å². The first-order valence-corrected chi connectivity index (χ1v) is 4.97. The summed E-state index contributed by atoms with van der Waals surface area (Å²) < 4.78 is 0. The molecule has 0 radical (unpaired) electrons. The van der Waals surface area contributed by atoms with E-state index in [4.69, 9.17) is 0 Å². The van der Waals surface area contributed by atoms with Gasteiger partial charge in [0.15, 0.2) is 5.69 Å². The second kappa shape index (κ2) is 4.47. The van der Waals surface area contributed by atoms with Gasteiger partial charge in [0.05, 0.1) is 12.4 Å². The van der Waals surface area contributed by atoms with Crippen molar-refractivity contribution < 1.29 is 4.79 Å². The molecule has 0 saturated carbocycles. The molecular weight excluding hydrogens is 214 g/mol. The van der Waals surface area contributed by atoms with E-state index >= 15 is 0 Å². The van der Waals surface area contributed by atoms with E-state index in [9.17, 15) is 4.79 Å². The molecule has 0 bridgehead atoms. The summed E-state index contributed by atoms with van der Waals surface area (Å²) in [6, 6.07) is 3.81. The van der Waals surface area contributed by atoms with Gasteiger partial charge in [0.1, 0.15) is 0 Å². The normalized spacial score (nSPS) is 10.7. The number of nitrogens with zero attached hydrogens (tertiary/aromatic N) is 3. The van der Waals surface area contributed by atoms with Crippen molar-refractivity contribution in [2.75, 3.05) is 0 Å². The fraction of sp³-hybridized carbons (Fsp3) is 0. The van der Waals surface area contributed by atoms with Crippen LogP contribution in [0.3, 0.4) is 0 Å². The molecule has 0 saturated heterocycles. The van der Waals surface area contributed by atoms with Gasteiger partial charge in [0, 0.05) is 4.88 Å². The van der Waals surface area contributed by atoms with Crippen molar-refractivity contribution in [3.63, 3.8) is 0 Å². The number of rotatable bonds is 3. The van der Waals surface area contributed by atoms with E-state index in [1.165, 1.54) is 17.5 Å². The zero-order valence-electron chi connectivity index (χ0n) is 7.54. The summed E-state index contributed by atoms with van der Waals surface area (Å²) in [4.78, 5) is 12.3. The molecule has 0 atom stereocenters. The van der Waals surface area contributed by atoms with Crippen LogP contribution < -0.4 is 5.43 Å². The molecule has 0 aromatic carbocycles. The van der Waals surface area contributed by atoms with Gasteiger partial charge in [-0.3, -0.25) is 9.89 Å². The number of carbonyl (C=O) groups excluding carboxylic acids is 1. The Balaban J connectivity index is 1.91. The fourth-order valence-electron chi connectivity index (χ4n) is 0.889. The van der Waals surface area contributed by atoms with Crippen LogP contribution in [-0.2, 0) is 0 Å². The first kappa shape index (κ1) is 9.53. The van der Waals surface area contributed by atoms with Gasteiger partial charge in [0.2, 0.25) is 0 Å². The Morgan fingerprint density at radius 1 is 1.67 bits per heavy atom.